The van der Waals surface area contributed by atoms with Gasteiger partial charge in [-0.25, -0.2) is 14.8 Å². The van der Waals surface area contributed by atoms with Crippen molar-refractivity contribution >= 4 is 17.6 Å². The van der Waals surface area contributed by atoms with Gasteiger partial charge >= 0.3 is 18.3 Å². The van der Waals surface area contributed by atoms with Crippen LogP contribution in [0, 0.1) is 11.3 Å². The van der Waals surface area contributed by atoms with Gasteiger partial charge in [0, 0.05) is 36.7 Å². The van der Waals surface area contributed by atoms with E-state index < -0.39 is 35.5 Å². The molecule has 14 heteroatoms. The van der Waals surface area contributed by atoms with Crippen molar-refractivity contribution in [2.75, 3.05) is 5.32 Å². The minimum Gasteiger partial charge on any atom is -0.475 e. The molecule has 0 fully saturated rings. The van der Waals surface area contributed by atoms with Gasteiger partial charge < -0.3 is 15.0 Å². The standard InChI is InChI=1S/C21H18F3N5O.C2HF3O2/c1-13(2)19-26-6-7-29(19)12-14-4-3-5-17(8-14)28-20(30)16-9-15(10-25)18(27-11-16)21(22,23)24;3-2(4,5)1(6)7/h3-9,11,13H,12H2,1-2H3,(H,28,30);(H,6,7). The lowest BCUT2D eigenvalue weighted by atomic mass is 10.1. The summed E-state index contributed by atoms with van der Waals surface area (Å²) >= 11 is 0. The molecule has 8 nitrogen and oxygen atoms in total. The number of pyridine rings is 1. The van der Waals surface area contributed by atoms with Crippen molar-refractivity contribution in [1.82, 2.24) is 14.5 Å². The second kappa shape index (κ2) is 11.5. The Morgan fingerprint density at radius 3 is 2.32 bits per heavy atom. The SMILES string of the molecule is CC(C)c1nccn1Cc1cccc(NC(=O)c2cnc(C(F)(F)F)c(C#N)c2)c1.O=C(O)C(F)(F)F. The molecule has 1 amide bonds. The van der Waals surface area contributed by atoms with Crippen molar-refractivity contribution in [2.45, 2.75) is 38.7 Å². The number of alkyl halides is 6. The largest absolute Gasteiger partial charge is 0.490 e. The van der Waals surface area contributed by atoms with Gasteiger partial charge in [0.05, 0.1) is 11.1 Å². The van der Waals surface area contributed by atoms with Gasteiger partial charge in [-0.1, -0.05) is 26.0 Å². The Labute approximate surface area is 206 Å². The molecule has 0 aliphatic carbocycles. The molecular weight excluding hydrogens is 508 g/mol. The van der Waals surface area contributed by atoms with Crippen molar-refractivity contribution in [2.24, 2.45) is 0 Å². The second-order valence-electron chi connectivity index (χ2n) is 7.76. The van der Waals surface area contributed by atoms with E-state index in [4.69, 9.17) is 15.2 Å². The Kier molecular flexibility index (Phi) is 9.00. The van der Waals surface area contributed by atoms with E-state index in [1.807, 2.05) is 30.7 Å². The van der Waals surface area contributed by atoms with Crippen molar-refractivity contribution < 1.29 is 41.0 Å². The summed E-state index contributed by atoms with van der Waals surface area (Å²) in [6, 6.07) is 9.42. The number of nitriles is 1. The third-order valence-electron chi connectivity index (χ3n) is 4.58. The summed E-state index contributed by atoms with van der Waals surface area (Å²) in [6.45, 7) is 4.64. The smallest absolute Gasteiger partial charge is 0.475 e. The number of benzene rings is 1. The number of aromatic nitrogens is 3. The summed E-state index contributed by atoms with van der Waals surface area (Å²) < 4.78 is 72.4. The van der Waals surface area contributed by atoms with E-state index in [1.54, 1.807) is 24.4 Å². The van der Waals surface area contributed by atoms with Crippen LogP contribution in [-0.2, 0) is 17.5 Å². The van der Waals surface area contributed by atoms with Crippen LogP contribution in [0.25, 0.3) is 0 Å². The number of carbonyl (C=O) groups is 2. The molecule has 0 aliphatic rings. The quantitative estimate of drug-likeness (QED) is 0.439. The van der Waals surface area contributed by atoms with Crippen LogP contribution in [0.2, 0.25) is 0 Å². The van der Waals surface area contributed by atoms with Crippen LogP contribution in [0.3, 0.4) is 0 Å². The molecule has 2 heterocycles. The maximum Gasteiger partial charge on any atom is 0.490 e. The number of anilines is 1. The van der Waals surface area contributed by atoms with Gasteiger partial charge in [0.1, 0.15) is 11.9 Å². The van der Waals surface area contributed by atoms with E-state index in [0.717, 1.165) is 23.7 Å². The first-order chi connectivity index (χ1) is 17.1. The van der Waals surface area contributed by atoms with Crippen LogP contribution >= 0.6 is 0 Å². The Balaban J connectivity index is 0.000000604. The molecule has 0 radical (unpaired) electrons. The number of nitrogens with zero attached hydrogens (tertiary/aromatic N) is 4. The van der Waals surface area contributed by atoms with Crippen LogP contribution in [0.5, 0.6) is 0 Å². The molecule has 2 N–H and O–H groups in total. The van der Waals surface area contributed by atoms with E-state index in [0.29, 0.717) is 12.2 Å². The minimum absolute atomic E-state index is 0.137. The topological polar surface area (TPSA) is 121 Å². The number of hydrogen-bond donors (Lipinski definition) is 2. The first-order valence-electron chi connectivity index (χ1n) is 10.3. The normalized spacial score (nSPS) is 11.4. The van der Waals surface area contributed by atoms with E-state index in [2.05, 4.69) is 15.3 Å². The first kappa shape index (κ1) is 28.8. The molecule has 0 saturated heterocycles. The molecule has 1 aromatic carbocycles. The summed E-state index contributed by atoms with van der Waals surface area (Å²) in [5, 5.41) is 18.7. The lowest BCUT2D eigenvalue weighted by Gasteiger charge is -2.12. The molecule has 3 rings (SSSR count). The lowest BCUT2D eigenvalue weighted by molar-refractivity contribution is -0.192. The number of hydrogen-bond acceptors (Lipinski definition) is 5. The molecule has 196 valence electrons. The molecule has 2 aromatic heterocycles. The third-order valence-corrected chi connectivity index (χ3v) is 4.58. The zero-order chi connectivity index (χ0) is 28.0. The van der Waals surface area contributed by atoms with Gasteiger partial charge in [0.25, 0.3) is 5.91 Å². The van der Waals surface area contributed by atoms with E-state index in [9.17, 15) is 31.1 Å². The Hall–Kier alpha value is -4.41. The summed E-state index contributed by atoms with van der Waals surface area (Å²) in [5.74, 6) is -2.23. The second-order valence-corrected chi connectivity index (χ2v) is 7.76. The Morgan fingerprint density at radius 1 is 1.14 bits per heavy atom. The Bertz CT molecular complexity index is 1310. The number of carboxylic acids is 1. The summed E-state index contributed by atoms with van der Waals surface area (Å²) in [6.07, 6.45) is -5.44. The number of carboxylic acid groups (broad SMARTS) is 1. The molecule has 0 spiro atoms. The number of carbonyl (C=O) groups excluding carboxylic acids is 1. The number of amides is 1. The molecular formula is C23H19F6N5O3. The molecule has 0 unspecified atom stereocenters. The highest BCUT2D eigenvalue weighted by Gasteiger charge is 2.38. The van der Waals surface area contributed by atoms with Crippen molar-refractivity contribution in [3.8, 4) is 6.07 Å². The number of halogens is 6. The molecule has 0 atom stereocenters. The maximum atomic E-state index is 12.9. The zero-order valence-corrected chi connectivity index (χ0v) is 19.2. The fraction of sp³-hybridized carbons (Fsp3) is 0.261. The number of imidazole rings is 1. The van der Waals surface area contributed by atoms with Crippen molar-refractivity contribution in [3.05, 3.63) is 77.1 Å². The first-order valence-corrected chi connectivity index (χ1v) is 10.3. The van der Waals surface area contributed by atoms with Gasteiger partial charge in [0.2, 0.25) is 0 Å². The van der Waals surface area contributed by atoms with Crippen molar-refractivity contribution in [1.29, 1.82) is 5.26 Å². The molecule has 37 heavy (non-hydrogen) atoms. The maximum absolute atomic E-state index is 12.9. The van der Waals surface area contributed by atoms with E-state index in [1.165, 1.54) is 6.07 Å². The van der Waals surface area contributed by atoms with Gasteiger partial charge in [-0.15, -0.1) is 0 Å². The van der Waals surface area contributed by atoms with Gasteiger partial charge in [-0.3, -0.25) is 4.79 Å². The van der Waals surface area contributed by atoms with Crippen LogP contribution in [0.4, 0.5) is 32.0 Å². The van der Waals surface area contributed by atoms with Gasteiger partial charge in [-0.05, 0) is 23.8 Å². The monoisotopic (exact) mass is 527 g/mol. The summed E-state index contributed by atoms with van der Waals surface area (Å²) in [5.41, 5.74) is -0.769. The number of rotatable bonds is 5. The Morgan fingerprint density at radius 2 is 1.78 bits per heavy atom. The molecule has 0 aliphatic heterocycles. The third kappa shape index (κ3) is 8.06. The number of aliphatic carboxylic acids is 1. The predicted octanol–water partition coefficient (Wildman–Crippen LogP) is 5.23. The highest BCUT2D eigenvalue weighted by molar-refractivity contribution is 6.04. The minimum atomic E-state index is -5.08. The number of nitrogens with one attached hydrogen (secondary N) is 1. The van der Waals surface area contributed by atoms with Crippen LogP contribution in [0.1, 0.15) is 52.8 Å². The summed E-state index contributed by atoms with van der Waals surface area (Å²) in [4.78, 5) is 29.0. The van der Waals surface area contributed by atoms with Gasteiger partial charge in [0.15, 0.2) is 5.69 Å². The highest BCUT2D eigenvalue weighted by atomic mass is 19.4. The van der Waals surface area contributed by atoms with Crippen molar-refractivity contribution in [3.63, 3.8) is 0 Å². The van der Waals surface area contributed by atoms with Gasteiger partial charge in [-0.2, -0.15) is 31.6 Å². The van der Waals surface area contributed by atoms with Crippen LogP contribution < -0.4 is 5.32 Å². The zero-order valence-electron chi connectivity index (χ0n) is 19.2. The average Bonchev–Trinajstić information content (AvgIpc) is 3.26. The summed E-state index contributed by atoms with van der Waals surface area (Å²) in [7, 11) is 0. The molecule has 3 aromatic rings. The van der Waals surface area contributed by atoms with E-state index in [-0.39, 0.29) is 11.5 Å². The highest BCUT2D eigenvalue weighted by Crippen LogP contribution is 2.30. The molecule has 0 saturated carbocycles. The lowest BCUT2D eigenvalue weighted by Crippen LogP contribution is -2.21. The van der Waals surface area contributed by atoms with E-state index >= 15 is 0 Å². The fourth-order valence-electron chi connectivity index (χ4n) is 3.00. The fourth-order valence-corrected chi connectivity index (χ4v) is 3.00. The van der Waals surface area contributed by atoms with Crippen LogP contribution in [-0.4, -0.2) is 37.7 Å². The average molecular weight is 527 g/mol. The molecule has 0 bridgehead atoms. The van der Waals surface area contributed by atoms with Crippen LogP contribution in [0.15, 0.2) is 48.9 Å². The predicted molar refractivity (Wildman–Crippen MR) is 117 cm³/mol.